The van der Waals surface area contributed by atoms with Gasteiger partial charge in [-0.3, -0.25) is 0 Å². The summed E-state index contributed by atoms with van der Waals surface area (Å²) >= 11 is 1.55. The fourth-order valence-corrected chi connectivity index (χ4v) is 3.82. The highest BCUT2D eigenvalue weighted by Crippen LogP contribution is 2.37. The lowest BCUT2D eigenvalue weighted by Gasteiger charge is -2.15. The zero-order chi connectivity index (χ0) is 11.0. The first-order valence-corrected chi connectivity index (χ1v) is 7.11. The molecule has 2 N–H and O–H groups in total. The molecule has 4 heteroatoms. The van der Waals surface area contributed by atoms with Crippen LogP contribution in [0.5, 0.6) is 0 Å². The lowest BCUT2D eigenvalue weighted by molar-refractivity contribution is 0.314. The average molecular weight is 237 g/mol. The molecule has 2 fully saturated rings. The number of aromatic nitrogens is 1. The molecule has 88 valence electrons. The highest BCUT2D eigenvalue weighted by molar-refractivity contribution is 7.13. The van der Waals surface area contributed by atoms with Gasteiger partial charge in [0, 0.05) is 31.4 Å². The number of nitrogens with two attached hydrogens (primary N) is 1. The molecule has 0 aromatic carbocycles. The van der Waals surface area contributed by atoms with Gasteiger partial charge in [0.25, 0.3) is 0 Å². The molecular formula is C12H19N3S. The van der Waals surface area contributed by atoms with Gasteiger partial charge >= 0.3 is 0 Å². The van der Waals surface area contributed by atoms with Crippen LogP contribution in [-0.4, -0.2) is 29.5 Å². The van der Waals surface area contributed by atoms with Crippen LogP contribution in [0.3, 0.4) is 0 Å². The third-order valence-electron chi connectivity index (χ3n) is 4.06. The van der Waals surface area contributed by atoms with Gasteiger partial charge in [-0.2, -0.15) is 0 Å². The van der Waals surface area contributed by atoms with Crippen LogP contribution in [-0.2, 0) is 6.42 Å². The molecule has 2 heterocycles. The van der Waals surface area contributed by atoms with Crippen molar-refractivity contribution in [1.82, 2.24) is 9.88 Å². The quantitative estimate of drug-likeness (QED) is 0.874. The fourth-order valence-electron chi connectivity index (χ4n) is 3.22. The highest BCUT2D eigenvalue weighted by atomic mass is 32.1. The van der Waals surface area contributed by atoms with Crippen LogP contribution in [0.25, 0.3) is 0 Å². The molecule has 0 amide bonds. The monoisotopic (exact) mass is 237 g/mol. The fraction of sp³-hybridized carbons (Fsp3) is 0.750. The number of rotatable bonds is 3. The molecule has 2 unspecified atom stereocenters. The molecule has 3 nitrogen and oxygen atoms in total. The van der Waals surface area contributed by atoms with Crippen LogP contribution in [0, 0.1) is 11.8 Å². The number of thiazole rings is 1. The van der Waals surface area contributed by atoms with Crippen molar-refractivity contribution in [3.05, 3.63) is 11.1 Å². The van der Waals surface area contributed by atoms with Crippen LogP contribution >= 0.6 is 11.3 Å². The summed E-state index contributed by atoms with van der Waals surface area (Å²) < 4.78 is 0. The van der Waals surface area contributed by atoms with E-state index in [1.165, 1.54) is 38.0 Å². The number of likely N-dealkylation sites (tertiary alicyclic amines) is 1. The molecule has 1 aromatic rings. The Kier molecular flexibility index (Phi) is 2.86. The Morgan fingerprint density at radius 1 is 1.38 bits per heavy atom. The lowest BCUT2D eigenvalue weighted by atomic mass is 10.0. The first-order chi connectivity index (χ1) is 7.81. The topological polar surface area (TPSA) is 42.1 Å². The maximum absolute atomic E-state index is 5.63. The highest BCUT2D eigenvalue weighted by Gasteiger charge is 2.35. The summed E-state index contributed by atoms with van der Waals surface area (Å²) in [6, 6.07) is 0. The van der Waals surface area contributed by atoms with Crippen molar-refractivity contribution in [2.75, 3.05) is 25.4 Å². The molecular weight excluding hydrogens is 218 g/mol. The van der Waals surface area contributed by atoms with Crippen molar-refractivity contribution < 1.29 is 0 Å². The number of hydrogen-bond donors (Lipinski definition) is 1. The molecule has 1 aromatic heterocycles. The van der Waals surface area contributed by atoms with Gasteiger partial charge in [-0.15, -0.1) is 11.3 Å². The number of nitrogens with zero attached hydrogens (tertiary/aromatic N) is 2. The van der Waals surface area contributed by atoms with Crippen LogP contribution < -0.4 is 5.73 Å². The second kappa shape index (κ2) is 4.34. The Hall–Kier alpha value is -0.610. The van der Waals surface area contributed by atoms with Crippen molar-refractivity contribution in [3.8, 4) is 0 Å². The standard InChI is InChI=1S/C12H19N3S/c13-12-14-11(8-16-12)4-5-15-6-9-2-1-3-10(9)7-15/h8-10H,1-7H2,(H2,13,14). The number of hydrogen-bond acceptors (Lipinski definition) is 4. The summed E-state index contributed by atoms with van der Waals surface area (Å²) in [4.78, 5) is 6.93. The normalized spacial score (nSPS) is 29.8. The molecule has 0 bridgehead atoms. The minimum absolute atomic E-state index is 0.702. The summed E-state index contributed by atoms with van der Waals surface area (Å²) in [5.41, 5.74) is 6.80. The largest absolute Gasteiger partial charge is 0.375 e. The van der Waals surface area contributed by atoms with E-state index in [4.69, 9.17) is 5.73 Å². The van der Waals surface area contributed by atoms with E-state index >= 15 is 0 Å². The minimum Gasteiger partial charge on any atom is -0.375 e. The van der Waals surface area contributed by atoms with Gasteiger partial charge in [-0.1, -0.05) is 6.42 Å². The van der Waals surface area contributed by atoms with E-state index in [-0.39, 0.29) is 0 Å². The van der Waals surface area contributed by atoms with Crippen molar-refractivity contribution in [1.29, 1.82) is 0 Å². The molecule has 3 rings (SSSR count). The van der Waals surface area contributed by atoms with Crippen molar-refractivity contribution >= 4 is 16.5 Å². The Bertz CT molecular complexity index is 351. The summed E-state index contributed by atoms with van der Waals surface area (Å²) in [6.45, 7) is 3.81. The van der Waals surface area contributed by atoms with Crippen molar-refractivity contribution in [2.24, 2.45) is 11.8 Å². The van der Waals surface area contributed by atoms with Gasteiger partial charge in [-0.05, 0) is 24.7 Å². The zero-order valence-electron chi connectivity index (χ0n) is 9.56. The maximum Gasteiger partial charge on any atom is 0.180 e. The molecule has 0 radical (unpaired) electrons. The molecule has 1 saturated carbocycles. The van der Waals surface area contributed by atoms with E-state index in [1.54, 1.807) is 11.3 Å². The van der Waals surface area contributed by atoms with E-state index < -0.39 is 0 Å². The minimum atomic E-state index is 0.702. The molecule has 2 aliphatic rings. The van der Waals surface area contributed by atoms with Crippen LogP contribution in [0.2, 0.25) is 0 Å². The summed E-state index contributed by atoms with van der Waals surface area (Å²) in [5, 5.41) is 2.79. The Morgan fingerprint density at radius 3 is 2.75 bits per heavy atom. The molecule has 16 heavy (non-hydrogen) atoms. The lowest BCUT2D eigenvalue weighted by Crippen LogP contribution is -2.24. The van der Waals surface area contributed by atoms with Gasteiger partial charge in [-0.25, -0.2) is 4.98 Å². The summed E-state index contributed by atoms with van der Waals surface area (Å²) in [6.07, 6.45) is 5.45. The van der Waals surface area contributed by atoms with Gasteiger partial charge in [0.2, 0.25) is 0 Å². The number of nitrogen functional groups attached to an aromatic ring is 1. The Balaban J connectivity index is 1.50. The third-order valence-corrected chi connectivity index (χ3v) is 4.78. The Morgan fingerprint density at radius 2 is 2.12 bits per heavy atom. The molecule has 1 aliphatic heterocycles. The summed E-state index contributed by atoms with van der Waals surface area (Å²) in [7, 11) is 0. The first-order valence-electron chi connectivity index (χ1n) is 6.23. The predicted molar refractivity (Wildman–Crippen MR) is 67.5 cm³/mol. The molecule has 1 aliphatic carbocycles. The average Bonchev–Trinajstić information content (AvgIpc) is 2.89. The first kappa shape index (κ1) is 10.5. The van der Waals surface area contributed by atoms with Gasteiger partial charge in [0.15, 0.2) is 5.13 Å². The maximum atomic E-state index is 5.63. The molecule has 0 spiro atoms. The van der Waals surface area contributed by atoms with Crippen molar-refractivity contribution in [3.63, 3.8) is 0 Å². The summed E-state index contributed by atoms with van der Waals surface area (Å²) in [5.74, 6) is 2.00. The second-order valence-electron chi connectivity index (χ2n) is 5.14. The predicted octanol–water partition coefficient (Wildman–Crippen LogP) is 2.00. The second-order valence-corrected chi connectivity index (χ2v) is 6.03. The number of fused-ring (bicyclic) bond motifs is 1. The van der Waals surface area contributed by atoms with E-state index in [0.717, 1.165) is 24.8 Å². The van der Waals surface area contributed by atoms with Gasteiger partial charge in [0.05, 0.1) is 5.69 Å². The molecule has 1 saturated heterocycles. The van der Waals surface area contributed by atoms with E-state index in [0.29, 0.717) is 5.13 Å². The Labute approximate surface area is 101 Å². The van der Waals surface area contributed by atoms with Gasteiger partial charge < -0.3 is 10.6 Å². The van der Waals surface area contributed by atoms with Gasteiger partial charge in [0.1, 0.15) is 0 Å². The van der Waals surface area contributed by atoms with E-state index in [9.17, 15) is 0 Å². The van der Waals surface area contributed by atoms with E-state index in [2.05, 4.69) is 15.3 Å². The van der Waals surface area contributed by atoms with E-state index in [1.807, 2.05) is 0 Å². The van der Waals surface area contributed by atoms with Crippen molar-refractivity contribution in [2.45, 2.75) is 25.7 Å². The van der Waals surface area contributed by atoms with Crippen LogP contribution in [0.4, 0.5) is 5.13 Å². The number of anilines is 1. The van der Waals surface area contributed by atoms with Crippen LogP contribution in [0.1, 0.15) is 25.0 Å². The smallest absolute Gasteiger partial charge is 0.180 e. The van der Waals surface area contributed by atoms with Crippen LogP contribution in [0.15, 0.2) is 5.38 Å². The molecule has 2 atom stereocenters. The third kappa shape index (κ3) is 2.09. The SMILES string of the molecule is Nc1nc(CCN2CC3CCCC3C2)cs1. The zero-order valence-corrected chi connectivity index (χ0v) is 10.4.